The second kappa shape index (κ2) is 6.19. The van der Waals surface area contributed by atoms with Crippen molar-refractivity contribution in [2.24, 2.45) is 4.99 Å². The first-order chi connectivity index (χ1) is 8.10. The molecule has 0 saturated carbocycles. The topological polar surface area (TPSA) is 12.4 Å². The summed E-state index contributed by atoms with van der Waals surface area (Å²) in [6.45, 7) is 12.4. The maximum Gasteiger partial charge on any atom is 0.0633 e. The molecule has 0 spiro atoms. The minimum absolute atomic E-state index is 0.840. The zero-order valence-corrected chi connectivity index (χ0v) is 11.2. The molecular weight excluding hydrogens is 206 g/mol. The molecule has 0 aliphatic carbocycles. The maximum absolute atomic E-state index is 4.43. The third kappa shape index (κ3) is 3.42. The van der Waals surface area contributed by atoms with Crippen LogP contribution in [-0.2, 0) is 6.42 Å². The molecule has 17 heavy (non-hydrogen) atoms. The number of allylic oxidation sites excluding steroid dienone is 2. The van der Waals surface area contributed by atoms with Crippen molar-refractivity contribution in [2.45, 2.75) is 34.1 Å². The van der Waals surface area contributed by atoms with Crippen LogP contribution in [0.15, 0.2) is 41.4 Å². The van der Waals surface area contributed by atoms with E-state index >= 15 is 0 Å². The van der Waals surface area contributed by atoms with Crippen molar-refractivity contribution in [1.82, 2.24) is 0 Å². The van der Waals surface area contributed by atoms with Crippen molar-refractivity contribution in [3.8, 4) is 0 Å². The van der Waals surface area contributed by atoms with E-state index in [1.165, 1.54) is 11.1 Å². The lowest BCUT2D eigenvalue weighted by atomic mass is 9.98. The fourth-order valence-electron chi connectivity index (χ4n) is 1.77. The molecular formula is C16H21N. The Hall–Kier alpha value is -1.63. The van der Waals surface area contributed by atoms with Gasteiger partial charge in [-0.25, -0.2) is 0 Å². The number of hydrogen-bond acceptors (Lipinski definition) is 1. The summed E-state index contributed by atoms with van der Waals surface area (Å²) in [6.07, 6.45) is 4.91. The zero-order valence-electron chi connectivity index (χ0n) is 11.2. The molecule has 1 heteroatoms. The standard InChI is InChI=1S/C16H21N/c1-6-12(3)11-17-14(5)16-10-8-9-13(4)15(16)7-2/h6,8-11H,5,7H2,1-4H3/b12-6-,17-11-. The normalized spacial score (nSPS) is 12.1. The molecule has 0 aliphatic heterocycles. The minimum Gasteiger partial charge on any atom is -0.257 e. The fourth-order valence-corrected chi connectivity index (χ4v) is 1.77. The molecule has 1 nitrogen and oxygen atoms in total. The van der Waals surface area contributed by atoms with Crippen molar-refractivity contribution in [3.63, 3.8) is 0 Å². The van der Waals surface area contributed by atoms with Gasteiger partial charge in [0.15, 0.2) is 0 Å². The first-order valence-electron chi connectivity index (χ1n) is 6.04. The summed E-state index contributed by atoms with van der Waals surface area (Å²) >= 11 is 0. The van der Waals surface area contributed by atoms with Crippen LogP contribution in [0.1, 0.15) is 37.5 Å². The Kier molecular flexibility index (Phi) is 4.89. The van der Waals surface area contributed by atoms with Crippen LogP contribution in [0.2, 0.25) is 0 Å². The average molecular weight is 227 g/mol. The predicted octanol–water partition coefficient (Wildman–Crippen LogP) is 4.57. The summed E-state index contributed by atoms with van der Waals surface area (Å²) in [5.74, 6) is 0. The molecule has 1 aromatic carbocycles. The Labute approximate surface area is 105 Å². The van der Waals surface area contributed by atoms with E-state index in [0.717, 1.165) is 23.3 Å². The monoisotopic (exact) mass is 227 g/mol. The summed E-state index contributed by atoms with van der Waals surface area (Å²) in [4.78, 5) is 4.43. The van der Waals surface area contributed by atoms with Gasteiger partial charge in [-0.3, -0.25) is 4.99 Å². The number of aliphatic imine (C=N–C) groups is 1. The van der Waals surface area contributed by atoms with Crippen LogP contribution in [0, 0.1) is 6.92 Å². The molecule has 0 bridgehead atoms. The highest BCUT2D eigenvalue weighted by Crippen LogP contribution is 2.22. The van der Waals surface area contributed by atoms with Crippen LogP contribution in [0.5, 0.6) is 0 Å². The molecule has 1 rings (SSSR count). The van der Waals surface area contributed by atoms with Gasteiger partial charge in [-0.1, -0.05) is 37.8 Å². The minimum atomic E-state index is 0.840. The van der Waals surface area contributed by atoms with E-state index in [0.29, 0.717) is 0 Å². The molecule has 0 N–H and O–H groups in total. The lowest BCUT2D eigenvalue weighted by molar-refractivity contribution is 1.10. The second-order valence-corrected chi connectivity index (χ2v) is 4.19. The molecule has 0 amide bonds. The lowest BCUT2D eigenvalue weighted by Crippen LogP contribution is -1.94. The van der Waals surface area contributed by atoms with E-state index in [9.17, 15) is 0 Å². The van der Waals surface area contributed by atoms with Gasteiger partial charge in [-0.2, -0.15) is 0 Å². The smallest absolute Gasteiger partial charge is 0.0633 e. The maximum atomic E-state index is 4.43. The number of hydrogen-bond donors (Lipinski definition) is 0. The Bertz CT molecular complexity index is 464. The highest BCUT2D eigenvalue weighted by Gasteiger charge is 2.05. The summed E-state index contributed by atoms with van der Waals surface area (Å²) in [5.41, 5.74) is 5.80. The lowest BCUT2D eigenvalue weighted by Gasteiger charge is -2.10. The van der Waals surface area contributed by atoms with Crippen LogP contribution < -0.4 is 0 Å². The van der Waals surface area contributed by atoms with Gasteiger partial charge < -0.3 is 0 Å². The molecule has 0 aromatic heterocycles. The Morgan fingerprint density at radius 1 is 1.41 bits per heavy atom. The van der Waals surface area contributed by atoms with Gasteiger partial charge in [-0.15, -0.1) is 0 Å². The molecule has 0 atom stereocenters. The molecule has 0 heterocycles. The quantitative estimate of drug-likeness (QED) is 0.668. The second-order valence-electron chi connectivity index (χ2n) is 4.19. The van der Waals surface area contributed by atoms with E-state index in [1.54, 1.807) is 0 Å². The van der Waals surface area contributed by atoms with Crippen molar-refractivity contribution in [3.05, 3.63) is 53.1 Å². The van der Waals surface area contributed by atoms with Gasteiger partial charge >= 0.3 is 0 Å². The highest BCUT2D eigenvalue weighted by molar-refractivity contribution is 5.84. The Morgan fingerprint density at radius 2 is 2.12 bits per heavy atom. The molecule has 0 unspecified atom stereocenters. The van der Waals surface area contributed by atoms with Crippen LogP contribution in [0.25, 0.3) is 5.70 Å². The fraction of sp³-hybridized carbons (Fsp3) is 0.312. The molecule has 0 radical (unpaired) electrons. The molecule has 1 aromatic rings. The first kappa shape index (κ1) is 13.4. The van der Waals surface area contributed by atoms with Crippen LogP contribution >= 0.6 is 0 Å². The zero-order chi connectivity index (χ0) is 12.8. The van der Waals surface area contributed by atoms with Crippen molar-refractivity contribution in [2.75, 3.05) is 0 Å². The van der Waals surface area contributed by atoms with Gasteiger partial charge in [0.25, 0.3) is 0 Å². The van der Waals surface area contributed by atoms with E-state index in [-0.39, 0.29) is 0 Å². The summed E-state index contributed by atoms with van der Waals surface area (Å²) in [5, 5.41) is 0. The summed E-state index contributed by atoms with van der Waals surface area (Å²) in [7, 11) is 0. The summed E-state index contributed by atoms with van der Waals surface area (Å²) in [6, 6.07) is 6.29. The van der Waals surface area contributed by atoms with E-state index in [1.807, 2.05) is 26.1 Å². The van der Waals surface area contributed by atoms with Crippen LogP contribution in [-0.4, -0.2) is 6.21 Å². The van der Waals surface area contributed by atoms with Gasteiger partial charge in [0.2, 0.25) is 0 Å². The predicted molar refractivity (Wildman–Crippen MR) is 77.5 cm³/mol. The van der Waals surface area contributed by atoms with Crippen molar-refractivity contribution in [1.29, 1.82) is 0 Å². The van der Waals surface area contributed by atoms with Gasteiger partial charge in [-0.05, 0) is 43.9 Å². The molecule has 0 aliphatic rings. The van der Waals surface area contributed by atoms with E-state index in [2.05, 4.69) is 43.6 Å². The van der Waals surface area contributed by atoms with E-state index < -0.39 is 0 Å². The highest BCUT2D eigenvalue weighted by atomic mass is 14.7. The third-order valence-corrected chi connectivity index (χ3v) is 2.95. The number of rotatable bonds is 4. The third-order valence-electron chi connectivity index (χ3n) is 2.95. The van der Waals surface area contributed by atoms with Crippen molar-refractivity contribution < 1.29 is 0 Å². The SMILES string of the molecule is C=C(/N=C\C(C)=C/C)c1cccc(C)c1CC. The first-order valence-corrected chi connectivity index (χ1v) is 6.04. The summed E-state index contributed by atoms with van der Waals surface area (Å²) < 4.78 is 0. The molecule has 0 fully saturated rings. The average Bonchev–Trinajstić information content (AvgIpc) is 2.35. The number of aryl methyl sites for hydroxylation is 1. The van der Waals surface area contributed by atoms with Crippen molar-refractivity contribution >= 4 is 11.9 Å². The van der Waals surface area contributed by atoms with Gasteiger partial charge in [0.05, 0.1) is 5.70 Å². The Morgan fingerprint density at radius 3 is 2.71 bits per heavy atom. The Balaban J connectivity index is 3.05. The molecule has 0 saturated heterocycles. The number of nitrogens with zero attached hydrogens (tertiary/aromatic N) is 1. The van der Waals surface area contributed by atoms with Gasteiger partial charge in [0, 0.05) is 11.8 Å². The van der Waals surface area contributed by atoms with E-state index in [4.69, 9.17) is 0 Å². The largest absolute Gasteiger partial charge is 0.257 e. The van der Waals surface area contributed by atoms with Crippen LogP contribution in [0.3, 0.4) is 0 Å². The number of benzene rings is 1. The molecule has 90 valence electrons. The van der Waals surface area contributed by atoms with Crippen LogP contribution in [0.4, 0.5) is 0 Å². The van der Waals surface area contributed by atoms with Gasteiger partial charge in [0.1, 0.15) is 0 Å².